The van der Waals surface area contributed by atoms with E-state index in [1.54, 1.807) is 30.0 Å². The number of nitrogens with two attached hydrogens (primary N) is 1. The lowest BCUT2D eigenvalue weighted by atomic mass is 9.89. The number of nitrogens with one attached hydrogen (secondary N) is 2. The van der Waals surface area contributed by atoms with Gasteiger partial charge in [0.25, 0.3) is 0 Å². The molecule has 1 fully saturated rings. The summed E-state index contributed by atoms with van der Waals surface area (Å²) in [5.74, 6) is -0.735. The molecule has 1 aromatic heterocycles. The first-order valence-electron chi connectivity index (χ1n) is 9.96. The lowest BCUT2D eigenvalue weighted by Gasteiger charge is -2.38. The zero-order valence-electron chi connectivity index (χ0n) is 17.4. The Kier molecular flexibility index (Phi) is 6.34. The van der Waals surface area contributed by atoms with E-state index in [1.165, 1.54) is 13.1 Å². The van der Waals surface area contributed by atoms with Crippen molar-refractivity contribution in [3.63, 3.8) is 0 Å². The topological polar surface area (TPSA) is 117 Å². The highest BCUT2D eigenvalue weighted by molar-refractivity contribution is 6.39. The Morgan fingerprint density at radius 3 is 2.43 bits per heavy atom. The number of nitrogen functional groups attached to an aromatic ring is 1. The van der Waals surface area contributed by atoms with E-state index in [0.29, 0.717) is 29.7 Å². The zero-order valence-corrected chi connectivity index (χ0v) is 17.4. The maximum absolute atomic E-state index is 13.0. The van der Waals surface area contributed by atoms with Crippen LogP contribution in [-0.2, 0) is 14.4 Å². The molecule has 8 nitrogen and oxygen atoms in total. The number of piperidine rings is 1. The summed E-state index contributed by atoms with van der Waals surface area (Å²) in [4.78, 5) is 42.5. The molecule has 0 radical (unpaired) electrons. The first-order valence-corrected chi connectivity index (χ1v) is 9.96. The minimum Gasteiger partial charge on any atom is -0.383 e. The Bertz CT molecular complexity index is 958. The van der Waals surface area contributed by atoms with Crippen LogP contribution >= 0.6 is 0 Å². The summed E-state index contributed by atoms with van der Waals surface area (Å²) < 4.78 is 0. The Labute approximate surface area is 175 Å². The largest absolute Gasteiger partial charge is 0.383 e. The number of anilines is 3. The fourth-order valence-electron chi connectivity index (χ4n) is 3.68. The minimum absolute atomic E-state index is 0.143. The number of hydrogen-bond donors (Lipinski definition) is 3. The molecule has 1 aromatic carbocycles. The van der Waals surface area contributed by atoms with Crippen molar-refractivity contribution in [1.82, 2.24) is 9.88 Å². The molecule has 30 heavy (non-hydrogen) atoms. The SMILES string of the molecule is CC(=O)Nc1ccc([C@@H]2CC[C@@H](C)CN2C(=O)C(=O)Nc2cnc(N)c(C)c2)cc1. The van der Waals surface area contributed by atoms with Gasteiger partial charge in [-0.2, -0.15) is 0 Å². The molecule has 0 unspecified atom stereocenters. The second kappa shape index (κ2) is 8.94. The second-order valence-corrected chi connectivity index (χ2v) is 7.84. The fourth-order valence-corrected chi connectivity index (χ4v) is 3.68. The molecule has 3 rings (SSSR count). The van der Waals surface area contributed by atoms with Crippen LogP contribution in [0.4, 0.5) is 17.2 Å². The van der Waals surface area contributed by atoms with E-state index in [4.69, 9.17) is 5.73 Å². The monoisotopic (exact) mass is 409 g/mol. The second-order valence-electron chi connectivity index (χ2n) is 7.84. The number of aromatic nitrogens is 1. The van der Waals surface area contributed by atoms with Gasteiger partial charge < -0.3 is 21.3 Å². The summed E-state index contributed by atoms with van der Waals surface area (Å²) in [5.41, 5.74) is 8.49. The molecular formula is C22H27N5O3. The quantitative estimate of drug-likeness (QED) is 0.674. The molecule has 0 saturated carbocycles. The summed E-state index contributed by atoms with van der Waals surface area (Å²) in [7, 11) is 0. The van der Waals surface area contributed by atoms with Crippen molar-refractivity contribution in [3.8, 4) is 0 Å². The molecule has 0 bridgehead atoms. The Balaban J connectivity index is 1.77. The summed E-state index contributed by atoms with van der Waals surface area (Å²) >= 11 is 0. The number of carbonyl (C=O) groups is 3. The lowest BCUT2D eigenvalue weighted by molar-refractivity contribution is -0.146. The van der Waals surface area contributed by atoms with Gasteiger partial charge in [0.2, 0.25) is 5.91 Å². The maximum atomic E-state index is 13.0. The van der Waals surface area contributed by atoms with Gasteiger partial charge in [0.1, 0.15) is 5.82 Å². The van der Waals surface area contributed by atoms with E-state index >= 15 is 0 Å². The van der Waals surface area contributed by atoms with Crippen LogP contribution in [0.1, 0.15) is 43.9 Å². The van der Waals surface area contributed by atoms with Crippen LogP contribution in [0.3, 0.4) is 0 Å². The number of amides is 3. The highest BCUT2D eigenvalue weighted by atomic mass is 16.2. The number of pyridine rings is 1. The molecule has 2 atom stereocenters. The molecule has 1 aliphatic rings. The van der Waals surface area contributed by atoms with E-state index in [2.05, 4.69) is 22.5 Å². The minimum atomic E-state index is -0.699. The average molecular weight is 409 g/mol. The third-order valence-corrected chi connectivity index (χ3v) is 5.27. The number of benzene rings is 1. The third kappa shape index (κ3) is 4.94. The van der Waals surface area contributed by atoms with Crippen molar-refractivity contribution < 1.29 is 14.4 Å². The van der Waals surface area contributed by atoms with Crippen LogP contribution in [0, 0.1) is 12.8 Å². The number of rotatable bonds is 3. The summed E-state index contributed by atoms with van der Waals surface area (Å²) in [6.07, 6.45) is 3.16. The highest BCUT2D eigenvalue weighted by Crippen LogP contribution is 2.34. The van der Waals surface area contributed by atoms with Crippen molar-refractivity contribution in [3.05, 3.63) is 47.7 Å². The van der Waals surface area contributed by atoms with Gasteiger partial charge in [-0.25, -0.2) is 4.98 Å². The number of carbonyl (C=O) groups excluding carboxylic acids is 3. The van der Waals surface area contributed by atoms with Gasteiger partial charge in [0.15, 0.2) is 0 Å². The molecule has 3 amide bonds. The Morgan fingerprint density at radius 1 is 1.10 bits per heavy atom. The standard InChI is InChI=1S/C22H27N5O3/c1-13-4-9-19(16-5-7-17(8-6-16)25-15(3)28)27(12-13)22(30)21(29)26-18-10-14(2)20(23)24-11-18/h5-8,10-11,13,19H,4,9,12H2,1-3H3,(H2,23,24)(H,25,28)(H,26,29)/t13-,19+/m1/s1. The Morgan fingerprint density at radius 2 is 1.80 bits per heavy atom. The van der Waals surface area contributed by atoms with E-state index in [0.717, 1.165) is 24.0 Å². The van der Waals surface area contributed by atoms with Crippen LogP contribution < -0.4 is 16.4 Å². The molecule has 2 aromatic rings. The van der Waals surface area contributed by atoms with Gasteiger partial charge in [0, 0.05) is 19.2 Å². The van der Waals surface area contributed by atoms with E-state index < -0.39 is 11.8 Å². The number of aryl methyl sites for hydroxylation is 1. The first-order chi connectivity index (χ1) is 14.2. The van der Waals surface area contributed by atoms with Gasteiger partial charge in [-0.15, -0.1) is 0 Å². The smallest absolute Gasteiger partial charge is 0.313 e. The highest BCUT2D eigenvalue weighted by Gasteiger charge is 2.34. The van der Waals surface area contributed by atoms with Gasteiger partial charge >= 0.3 is 11.8 Å². The third-order valence-electron chi connectivity index (χ3n) is 5.27. The summed E-state index contributed by atoms with van der Waals surface area (Å²) in [6, 6.07) is 8.87. The predicted octanol–water partition coefficient (Wildman–Crippen LogP) is 2.87. The molecule has 158 valence electrons. The van der Waals surface area contributed by atoms with Crippen molar-refractivity contribution in [1.29, 1.82) is 0 Å². The molecular weight excluding hydrogens is 382 g/mol. The van der Waals surface area contributed by atoms with Crippen LogP contribution in [-0.4, -0.2) is 34.2 Å². The molecule has 1 aliphatic heterocycles. The van der Waals surface area contributed by atoms with E-state index in [1.807, 2.05) is 12.1 Å². The van der Waals surface area contributed by atoms with E-state index in [-0.39, 0.29) is 11.9 Å². The molecule has 0 aliphatic carbocycles. The van der Waals surface area contributed by atoms with Gasteiger partial charge in [-0.05, 0) is 55.0 Å². The van der Waals surface area contributed by atoms with Crippen molar-refractivity contribution in [2.24, 2.45) is 5.92 Å². The molecule has 2 heterocycles. The molecule has 4 N–H and O–H groups in total. The van der Waals surface area contributed by atoms with Crippen LogP contribution in [0.15, 0.2) is 36.5 Å². The number of likely N-dealkylation sites (tertiary alicyclic amines) is 1. The van der Waals surface area contributed by atoms with Crippen LogP contribution in [0.25, 0.3) is 0 Å². The number of hydrogen-bond acceptors (Lipinski definition) is 5. The van der Waals surface area contributed by atoms with Gasteiger partial charge in [-0.1, -0.05) is 19.1 Å². The van der Waals surface area contributed by atoms with Crippen LogP contribution in [0.5, 0.6) is 0 Å². The van der Waals surface area contributed by atoms with Crippen LogP contribution in [0.2, 0.25) is 0 Å². The van der Waals surface area contributed by atoms with Gasteiger partial charge in [0.05, 0.1) is 17.9 Å². The molecule has 0 spiro atoms. The fraction of sp³-hybridized carbons (Fsp3) is 0.364. The average Bonchev–Trinajstić information content (AvgIpc) is 2.70. The molecule has 8 heteroatoms. The van der Waals surface area contributed by atoms with E-state index in [9.17, 15) is 14.4 Å². The molecule has 1 saturated heterocycles. The lowest BCUT2D eigenvalue weighted by Crippen LogP contribution is -2.46. The summed E-state index contributed by atoms with van der Waals surface area (Å²) in [5, 5.41) is 5.36. The first kappa shape index (κ1) is 21.3. The Hall–Kier alpha value is -3.42. The van der Waals surface area contributed by atoms with Gasteiger partial charge in [-0.3, -0.25) is 14.4 Å². The van der Waals surface area contributed by atoms with Crippen molar-refractivity contribution in [2.45, 2.75) is 39.7 Å². The van der Waals surface area contributed by atoms with Crippen molar-refractivity contribution in [2.75, 3.05) is 22.9 Å². The summed E-state index contributed by atoms with van der Waals surface area (Å²) in [6.45, 7) is 5.81. The predicted molar refractivity (Wildman–Crippen MR) is 116 cm³/mol. The normalized spacial score (nSPS) is 18.6. The van der Waals surface area contributed by atoms with Crippen molar-refractivity contribution >= 4 is 34.9 Å². The maximum Gasteiger partial charge on any atom is 0.313 e. The zero-order chi connectivity index (χ0) is 21.8. The number of nitrogens with zero attached hydrogens (tertiary/aromatic N) is 2.